The van der Waals surface area contributed by atoms with Crippen molar-refractivity contribution in [2.24, 2.45) is 0 Å². The zero-order valence-corrected chi connectivity index (χ0v) is 24.5. The van der Waals surface area contributed by atoms with E-state index in [0.29, 0.717) is 16.7 Å². The topological polar surface area (TPSA) is 170 Å². The summed E-state index contributed by atoms with van der Waals surface area (Å²) in [4.78, 5) is 0. The Hall–Kier alpha value is -2.28. The van der Waals surface area contributed by atoms with E-state index >= 15 is 0 Å². The molecule has 1 aliphatic rings. The summed E-state index contributed by atoms with van der Waals surface area (Å²) in [5, 5.41) is 43.4. The lowest BCUT2D eigenvalue weighted by Crippen LogP contribution is -2.64. The van der Waals surface area contributed by atoms with Crippen LogP contribution in [0.4, 0.5) is 0 Å². The van der Waals surface area contributed by atoms with E-state index < -0.39 is 52.3 Å². The summed E-state index contributed by atoms with van der Waals surface area (Å²) < 4.78 is 58.9. The monoisotopic (exact) mass is 624 g/mol. The van der Waals surface area contributed by atoms with Gasteiger partial charge in [-0.2, -0.15) is 0 Å². The van der Waals surface area contributed by atoms with Crippen LogP contribution in [0.1, 0.15) is 16.7 Å². The molecule has 42 heavy (non-hydrogen) atoms. The standard InChI is InChI=1S/C28H34O12P2/c1-35-41(33,36-17-20-11-5-2-6-12-20)39-27-23(29)25(31)28(26(32)24(27)30)40-42(34,37-18-21-13-7-3-8-14-21)38-19-22-15-9-4-10-16-22/h2-16,23-32H,17-19H2,1H3/t23-,24+,25-,26+,27?,28?,41?. The molecule has 0 spiro atoms. The first kappa shape index (κ1) is 32.6. The van der Waals surface area contributed by atoms with Crippen molar-refractivity contribution in [3.63, 3.8) is 0 Å². The van der Waals surface area contributed by atoms with E-state index in [-0.39, 0.29) is 19.8 Å². The summed E-state index contributed by atoms with van der Waals surface area (Å²) in [6.07, 6.45) is -11.7. The SMILES string of the molecule is COP(=O)(OCc1ccccc1)OC1[C@@H](O)[C@H](O)C(OP(=O)(OCc2ccccc2)OCc2ccccc2)[C@H](O)[C@H]1O. The molecule has 0 heterocycles. The zero-order chi connectivity index (χ0) is 30.2. The fraction of sp³-hybridized carbons (Fsp3) is 0.357. The van der Waals surface area contributed by atoms with Crippen molar-refractivity contribution in [1.29, 1.82) is 0 Å². The van der Waals surface area contributed by atoms with E-state index in [1.54, 1.807) is 91.0 Å². The number of phosphoric acid groups is 2. The van der Waals surface area contributed by atoms with E-state index in [9.17, 15) is 29.6 Å². The molecule has 1 aliphatic carbocycles. The molecule has 3 aromatic rings. The van der Waals surface area contributed by atoms with Gasteiger partial charge in [0.15, 0.2) is 0 Å². The number of rotatable bonds is 14. The highest BCUT2D eigenvalue weighted by atomic mass is 31.2. The van der Waals surface area contributed by atoms with E-state index in [0.717, 1.165) is 7.11 Å². The highest BCUT2D eigenvalue weighted by molar-refractivity contribution is 7.48. The van der Waals surface area contributed by atoms with Crippen molar-refractivity contribution < 1.29 is 56.7 Å². The zero-order valence-electron chi connectivity index (χ0n) is 22.7. The molecule has 0 aromatic heterocycles. The number of aliphatic hydroxyl groups is 4. The van der Waals surface area contributed by atoms with Crippen LogP contribution in [0.5, 0.6) is 0 Å². The Labute approximate surface area is 243 Å². The molecule has 3 aromatic carbocycles. The maximum absolute atomic E-state index is 13.7. The van der Waals surface area contributed by atoms with Gasteiger partial charge in [-0.15, -0.1) is 0 Å². The van der Waals surface area contributed by atoms with Gasteiger partial charge in [-0.1, -0.05) is 91.0 Å². The lowest BCUT2D eigenvalue weighted by atomic mass is 9.85. The van der Waals surface area contributed by atoms with E-state index in [1.807, 2.05) is 0 Å². The second-order valence-electron chi connectivity index (χ2n) is 9.46. The Morgan fingerprint density at radius 1 is 0.524 bits per heavy atom. The molecule has 0 amide bonds. The molecule has 4 N–H and O–H groups in total. The molecule has 12 nitrogen and oxygen atoms in total. The van der Waals surface area contributed by atoms with Crippen molar-refractivity contribution in [2.75, 3.05) is 7.11 Å². The Morgan fingerprint density at radius 2 is 0.810 bits per heavy atom. The summed E-state index contributed by atoms with van der Waals surface area (Å²) in [7, 11) is -7.91. The summed E-state index contributed by atoms with van der Waals surface area (Å²) in [6.45, 7) is -0.612. The van der Waals surface area contributed by atoms with Crippen LogP contribution in [0.3, 0.4) is 0 Å². The Kier molecular flexibility index (Phi) is 11.6. The molecule has 0 bridgehead atoms. The predicted octanol–water partition coefficient (Wildman–Crippen LogP) is 3.73. The molecule has 0 aliphatic heterocycles. The smallest absolute Gasteiger partial charge is 0.387 e. The van der Waals surface area contributed by atoms with Crippen LogP contribution < -0.4 is 0 Å². The van der Waals surface area contributed by atoms with E-state index in [1.165, 1.54) is 0 Å². The van der Waals surface area contributed by atoms with Crippen LogP contribution in [0.25, 0.3) is 0 Å². The van der Waals surface area contributed by atoms with Crippen LogP contribution in [0.2, 0.25) is 0 Å². The average Bonchev–Trinajstić information content (AvgIpc) is 3.03. The number of hydrogen-bond acceptors (Lipinski definition) is 12. The number of hydrogen-bond donors (Lipinski definition) is 4. The molecule has 1 saturated carbocycles. The van der Waals surface area contributed by atoms with Crippen molar-refractivity contribution >= 4 is 15.6 Å². The number of aliphatic hydroxyl groups excluding tert-OH is 4. The average molecular weight is 625 g/mol. The quantitative estimate of drug-likeness (QED) is 0.192. The van der Waals surface area contributed by atoms with Gasteiger partial charge < -0.3 is 20.4 Å². The number of benzene rings is 3. The molecule has 1 fully saturated rings. The van der Waals surface area contributed by atoms with Gasteiger partial charge >= 0.3 is 15.6 Å². The molecule has 14 heteroatoms. The lowest BCUT2D eigenvalue weighted by molar-refractivity contribution is -0.218. The number of phosphoric ester groups is 2. The summed E-state index contributed by atoms with van der Waals surface area (Å²) in [6, 6.07) is 26.1. The molecular weight excluding hydrogens is 590 g/mol. The van der Waals surface area contributed by atoms with Gasteiger partial charge in [-0.25, -0.2) is 9.13 Å². The molecule has 228 valence electrons. The van der Waals surface area contributed by atoms with Crippen LogP contribution in [0, 0.1) is 0 Å². The van der Waals surface area contributed by atoms with Gasteiger partial charge in [0.1, 0.15) is 36.6 Å². The Balaban J connectivity index is 1.48. The maximum Gasteiger partial charge on any atom is 0.475 e. The summed E-state index contributed by atoms with van der Waals surface area (Å²) in [5.41, 5.74) is 1.90. The highest BCUT2D eigenvalue weighted by Gasteiger charge is 2.55. The first-order chi connectivity index (χ1) is 20.1. The van der Waals surface area contributed by atoms with Gasteiger partial charge in [-0.05, 0) is 16.7 Å². The van der Waals surface area contributed by atoms with Gasteiger partial charge in [0.2, 0.25) is 0 Å². The van der Waals surface area contributed by atoms with Crippen molar-refractivity contribution in [1.82, 2.24) is 0 Å². The fourth-order valence-electron chi connectivity index (χ4n) is 4.14. The van der Waals surface area contributed by atoms with Gasteiger partial charge in [0.05, 0.1) is 19.8 Å². The van der Waals surface area contributed by atoms with Crippen LogP contribution >= 0.6 is 15.6 Å². The predicted molar refractivity (Wildman–Crippen MR) is 150 cm³/mol. The summed E-state index contributed by atoms with van der Waals surface area (Å²) in [5.74, 6) is 0. The minimum Gasteiger partial charge on any atom is -0.387 e. The molecule has 7 atom stereocenters. The first-order valence-electron chi connectivity index (χ1n) is 13.0. The lowest BCUT2D eigenvalue weighted by Gasteiger charge is -2.43. The third kappa shape index (κ3) is 8.64. The minimum absolute atomic E-state index is 0.192. The third-order valence-electron chi connectivity index (χ3n) is 6.47. The van der Waals surface area contributed by atoms with E-state index in [4.69, 9.17) is 27.1 Å². The van der Waals surface area contributed by atoms with Crippen molar-refractivity contribution in [3.05, 3.63) is 108 Å². The Bertz CT molecular complexity index is 1270. The minimum atomic E-state index is -4.54. The second kappa shape index (κ2) is 14.9. The van der Waals surface area contributed by atoms with Gasteiger partial charge in [-0.3, -0.25) is 27.1 Å². The largest absolute Gasteiger partial charge is 0.475 e. The normalized spacial score (nSPS) is 26.0. The third-order valence-corrected chi connectivity index (χ3v) is 9.25. The molecule has 0 radical (unpaired) electrons. The van der Waals surface area contributed by atoms with Crippen molar-refractivity contribution in [2.45, 2.75) is 56.4 Å². The Morgan fingerprint density at radius 3 is 1.12 bits per heavy atom. The van der Waals surface area contributed by atoms with Crippen molar-refractivity contribution in [3.8, 4) is 0 Å². The van der Waals surface area contributed by atoms with Crippen LogP contribution in [-0.2, 0) is 56.1 Å². The summed E-state index contributed by atoms with van der Waals surface area (Å²) >= 11 is 0. The van der Waals surface area contributed by atoms with Crippen LogP contribution in [0.15, 0.2) is 91.0 Å². The molecule has 4 rings (SSSR count). The molecule has 3 unspecified atom stereocenters. The van der Waals surface area contributed by atoms with E-state index in [2.05, 4.69) is 0 Å². The maximum atomic E-state index is 13.7. The molecule has 0 saturated heterocycles. The highest BCUT2D eigenvalue weighted by Crippen LogP contribution is 2.55. The second-order valence-corrected chi connectivity index (χ2v) is 12.8. The molecular formula is C28H34O12P2. The van der Waals surface area contributed by atoms with Crippen LogP contribution in [-0.4, -0.2) is 64.2 Å². The fourth-order valence-corrected chi connectivity index (χ4v) is 6.60. The van der Waals surface area contributed by atoms with Gasteiger partial charge in [0, 0.05) is 7.11 Å². The first-order valence-corrected chi connectivity index (χ1v) is 16.0. The van der Waals surface area contributed by atoms with Gasteiger partial charge in [0.25, 0.3) is 0 Å².